The summed E-state index contributed by atoms with van der Waals surface area (Å²) < 4.78 is 11.2. The normalized spacial score (nSPS) is 24.5. The van der Waals surface area contributed by atoms with Crippen LogP contribution in [0.4, 0.5) is 0 Å². The zero-order valence-electron chi connectivity index (χ0n) is 10.0. The van der Waals surface area contributed by atoms with Gasteiger partial charge in [0.25, 0.3) is 0 Å². The van der Waals surface area contributed by atoms with E-state index in [0.717, 1.165) is 31.4 Å². The monoisotopic (exact) mass is 236 g/mol. The Balaban J connectivity index is 1.63. The average Bonchev–Trinajstić information content (AvgIpc) is 2.38. The molecule has 1 saturated carbocycles. The van der Waals surface area contributed by atoms with Crippen molar-refractivity contribution in [2.24, 2.45) is 0 Å². The smallest absolute Gasteiger partial charge is 0.119 e. The third-order valence-corrected chi connectivity index (χ3v) is 3.09. The van der Waals surface area contributed by atoms with Crippen LogP contribution in [0.5, 0.6) is 5.75 Å². The lowest BCUT2D eigenvalue weighted by Gasteiger charge is -2.27. The van der Waals surface area contributed by atoms with Gasteiger partial charge in [-0.05, 0) is 25.0 Å². The number of aliphatic hydroxyl groups is 1. The molecule has 1 N–H and O–H groups in total. The summed E-state index contributed by atoms with van der Waals surface area (Å²) in [5.74, 6) is 0.861. The molecule has 2 rings (SSSR count). The lowest BCUT2D eigenvalue weighted by Crippen LogP contribution is -2.33. The van der Waals surface area contributed by atoms with Crippen molar-refractivity contribution in [3.8, 4) is 5.75 Å². The first-order valence-corrected chi connectivity index (χ1v) is 6.34. The second kappa shape index (κ2) is 6.62. The molecule has 2 atom stereocenters. The molecule has 3 nitrogen and oxygen atoms in total. The SMILES string of the molecule is OC1CCCCC1OCCOc1ccccc1. The fourth-order valence-electron chi connectivity index (χ4n) is 2.15. The van der Waals surface area contributed by atoms with E-state index in [2.05, 4.69) is 0 Å². The van der Waals surface area contributed by atoms with Crippen molar-refractivity contribution < 1.29 is 14.6 Å². The number of hydrogen-bond acceptors (Lipinski definition) is 3. The van der Waals surface area contributed by atoms with Gasteiger partial charge in [-0.2, -0.15) is 0 Å². The minimum absolute atomic E-state index is 0.00289. The van der Waals surface area contributed by atoms with Gasteiger partial charge < -0.3 is 14.6 Å². The van der Waals surface area contributed by atoms with Crippen LogP contribution in [0.2, 0.25) is 0 Å². The van der Waals surface area contributed by atoms with Gasteiger partial charge >= 0.3 is 0 Å². The van der Waals surface area contributed by atoms with Crippen LogP contribution in [0.1, 0.15) is 25.7 Å². The highest BCUT2D eigenvalue weighted by molar-refractivity contribution is 5.20. The average molecular weight is 236 g/mol. The van der Waals surface area contributed by atoms with Gasteiger partial charge in [0.1, 0.15) is 12.4 Å². The molecule has 0 saturated heterocycles. The van der Waals surface area contributed by atoms with Crippen LogP contribution in [-0.4, -0.2) is 30.5 Å². The molecular weight excluding hydrogens is 216 g/mol. The topological polar surface area (TPSA) is 38.7 Å². The van der Waals surface area contributed by atoms with Gasteiger partial charge in [-0.15, -0.1) is 0 Å². The van der Waals surface area contributed by atoms with Crippen LogP contribution in [0.15, 0.2) is 30.3 Å². The first-order valence-electron chi connectivity index (χ1n) is 6.34. The van der Waals surface area contributed by atoms with Crippen LogP contribution >= 0.6 is 0 Å². The van der Waals surface area contributed by atoms with Crippen molar-refractivity contribution >= 4 is 0 Å². The third kappa shape index (κ3) is 4.02. The van der Waals surface area contributed by atoms with Gasteiger partial charge in [0.2, 0.25) is 0 Å². The molecule has 17 heavy (non-hydrogen) atoms. The second-order valence-corrected chi connectivity index (χ2v) is 4.42. The Labute approximate surface area is 102 Å². The Morgan fingerprint density at radius 3 is 2.59 bits per heavy atom. The van der Waals surface area contributed by atoms with Gasteiger partial charge in [-0.3, -0.25) is 0 Å². The number of aliphatic hydroxyl groups excluding tert-OH is 1. The van der Waals surface area contributed by atoms with Crippen molar-refractivity contribution in [1.29, 1.82) is 0 Å². The van der Waals surface area contributed by atoms with Crippen molar-refractivity contribution in [3.05, 3.63) is 30.3 Å². The molecule has 3 heteroatoms. The Morgan fingerprint density at radius 2 is 1.82 bits per heavy atom. The molecule has 0 spiro atoms. The summed E-state index contributed by atoms with van der Waals surface area (Å²) >= 11 is 0. The van der Waals surface area contributed by atoms with Crippen molar-refractivity contribution in [1.82, 2.24) is 0 Å². The van der Waals surface area contributed by atoms with Crippen molar-refractivity contribution in [3.63, 3.8) is 0 Å². The molecule has 0 aromatic heterocycles. The molecule has 1 aliphatic carbocycles. The number of benzene rings is 1. The van der Waals surface area contributed by atoms with Gasteiger partial charge in [0, 0.05) is 0 Å². The van der Waals surface area contributed by atoms with E-state index in [9.17, 15) is 5.11 Å². The number of ether oxygens (including phenoxy) is 2. The van der Waals surface area contributed by atoms with Gasteiger partial charge in [-0.25, -0.2) is 0 Å². The van der Waals surface area contributed by atoms with E-state index in [1.54, 1.807) is 0 Å². The summed E-state index contributed by atoms with van der Waals surface area (Å²) in [4.78, 5) is 0. The van der Waals surface area contributed by atoms with Gasteiger partial charge in [0.05, 0.1) is 18.8 Å². The highest BCUT2D eigenvalue weighted by Crippen LogP contribution is 2.20. The minimum Gasteiger partial charge on any atom is -0.491 e. The number of rotatable bonds is 5. The lowest BCUT2D eigenvalue weighted by molar-refractivity contribution is -0.0648. The maximum absolute atomic E-state index is 9.72. The Hall–Kier alpha value is -1.06. The summed E-state index contributed by atoms with van der Waals surface area (Å²) in [7, 11) is 0. The Morgan fingerprint density at radius 1 is 1.06 bits per heavy atom. The van der Waals surface area contributed by atoms with Crippen molar-refractivity contribution in [2.45, 2.75) is 37.9 Å². The largest absolute Gasteiger partial charge is 0.491 e. The predicted molar refractivity (Wildman–Crippen MR) is 66.2 cm³/mol. The highest BCUT2D eigenvalue weighted by atomic mass is 16.5. The molecule has 1 fully saturated rings. The van der Waals surface area contributed by atoms with Crippen LogP contribution < -0.4 is 4.74 Å². The van der Waals surface area contributed by atoms with E-state index in [-0.39, 0.29) is 12.2 Å². The molecule has 0 heterocycles. The highest BCUT2D eigenvalue weighted by Gasteiger charge is 2.23. The quantitative estimate of drug-likeness (QED) is 0.798. The fourth-order valence-corrected chi connectivity index (χ4v) is 2.15. The first kappa shape index (κ1) is 12.4. The van der Waals surface area contributed by atoms with Crippen LogP contribution in [-0.2, 0) is 4.74 Å². The van der Waals surface area contributed by atoms with E-state index in [1.165, 1.54) is 0 Å². The second-order valence-electron chi connectivity index (χ2n) is 4.42. The standard InChI is InChI=1S/C14H20O3/c15-13-8-4-5-9-14(13)17-11-10-16-12-6-2-1-3-7-12/h1-3,6-7,13-15H,4-5,8-11H2. The van der Waals surface area contributed by atoms with E-state index < -0.39 is 0 Å². The molecule has 0 bridgehead atoms. The van der Waals surface area contributed by atoms with E-state index >= 15 is 0 Å². The zero-order valence-corrected chi connectivity index (χ0v) is 10.0. The molecule has 94 valence electrons. The first-order chi connectivity index (χ1) is 8.36. The van der Waals surface area contributed by atoms with Crippen LogP contribution in [0, 0.1) is 0 Å². The molecular formula is C14H20O3. The third-order valence-electron chi connectivity index (χ3n) is 3.09. The molecule has 0 radical (unpaired) electrons. The molecule has 1 aromatic carbocycles. The Kier molecular flexibility index (Phi) is 4.83. The number of hydrogen-bond donors (Lipinski definition) is 1. The summed E-state index contributed by atoms with van der Waals surface area (Å²) in [6.07, 6.45) is 3.81. The van der Waals surface area contributed by atoms with E-state index in [0.29, 0.717) is 13.2 Å². The van der Waals surface area contributed by atoms with Crippen LogP contribution in [0.25, 0.3) is 0 Å². The number of para-hydroxylation sites is 1. The summed E-state index contributed by atoms with van der Waals surface area (Å²) in [5.41, 5.74) is 0. The molecule has 1 aliphatic rings. The molecule has 1 aromatic rings. The van der Waals surface area contributed by atoms with E-state index in [1.807, 2.05) is 30.3 Å². The lowest BCUT2D eigenvalue weighted by atomic mass is 9.95. The Bertz CT molecular complexity index is 313. The molecule has 2 unspecified atom stereocenters. The fraction of sp³-hybridized carbons (Fsp3) is 0.571. The van der Waals surface area contributed by atoms with Gasteiger partial charge in [0.15, 0.2) is 0 Å². The molecule has 0 aliphatic heterocycles. The summed E-state index contributed by atoms with van der Waals surface area (Å²) in [6, 6.07) is 9.70. The zero-order chi connectivity index (χ0) is 11.9. The predicted octanol–water partition coefficient (Wildman–Crippen LogP) is 2.39. The minimum atomic E-state index is -0.291. The summed E-state index contributed by atoms with van der Waals surface area (Å²) in [5, 5.41) is 9.72. The summed E-state index contributed by atoms with van der Waals surface area (Å²) in [6.45, 7) is 1.07. The van der Waals surface area contributed by atoms with Crippen LogP contribution in [0.3, 0.4) is 0 Å². The maximum atomic E-state index is 9.72. The molecule has 0 amide bonds. The van der Waals surface area contributed by atoms with Crippen molar-refractivity contribution in [2.75, 3.05) is 13.2 Å². The van der Waals surface area contributed by atoms with E-state index in [4.69, 9.17) is 9.47 Å². The van der Waals surface area contributed by atoms with Gasteiger partial charge in [-0.1, -0.05) is 31.0 Å². The maximum Gasteiger partial charge on any atom is 0.119 e.